The van der Waals surface area contributed by atoms with Gasteiger partial charge in [-0.1, -0.05) is 23.2 Å². The van der Waals surface area contributed by atoms with Crippen molar-refractivity contribution in [2.45, 2.75) is 6.42 Å². The number of hydrogen-bond acceptors (Lipinski definition) is 4. The summed E-state index contributed by atoms with van der Waals surface area (Å²) in [6, 6.07) is 10.4. The van der Waals surface area contributed by atoms with Crippen molar-refractivity contribution in [1.29, 1.82) is 0 Å². The van der Waals surface area contributed by atoms with Crippen molar-refractivity contribution in [2.75, 3.05) is 31.4 Å². The lowest BCUT2D eigenvalue weighted by atomic mass is 10.2. The van der Waals surface area contributed by atoms with E-state index in [1.54, 1.807) is 37.4 Å². The minimum atomic E-state index is -0.150. The van der Waals surface area contributed by atoms with Gasteiger partial charge in [-0.25, -0.2) is 0 Å². The summed E-state index contributed by atoms with van der Waals surface area (Å²) in [6.07, 6.45) is 0.277. The summed E-state index contributed by atoms with van der Waals surface area (Å²) in [5, 5.41) is 6.95. The molecule has 5 nitrogen and oxygen atoms in total. The van der Waals surface area contributed by atoms with E-state index in [2.05, 4.69) is 10.6 Å². The molecular formula is C17H18Cl2N2O3. The molecule has 0 aliphatic carbocycles. The van der Waals surface area contributed by atoms with E-state index < -0.39 is 0 Å². The topological polar surface area (TPSA) is 59.6 Å². The predicted octanol–water partition coefficient (Wildman–Crippen LogP) is 4.45. The molecule has 0 atom stereocenters. The number of halogens is 2. The molecule has 0 aliphatic rings. The fourth-order valence-electron chi connectivity index (χ4n) is 2.09. The van der Waals surface area contributed by atoms with Crippen molar-refractivity contribution in [1.82, 2.24) is 0 Å². The average Bonchev–Trinajstić information content (AvgIpc) is 2.55. The van der Waals surface area contributed by atoms with Gasteiger partial charge in [0.25, 0.3) is 0 Å². The van der Waals surface area contributed by atoms with Crippen LogP contribution in [0.3, 0.4) is 0 Å². The van der Waals surface area contributed by atoms with Crippen LogP contribution in [0.5, 0.6) is 11.5 Å². The number of ether oxygens (including phenoxy) is 2. The number of carbonyl (C=O) groups is 1. The highest BCUT2D eigenvalue weighted by atomic mass is 35.5. The molecule has 0 unspecified atom stereocenters. The van der Waals surface area contributed by atoms with Gasteiger partial charge < -0.3 is 20.1 Å². The summed E-state index contributed by atoms with van der Waals surface area (Å²) < 4.78 is 10.3. The van der Waals surface area contributed by atoms with Crippen LogP contribution in [0.1, 0.15) is 6.42 Å². The van der Waals surface area contributed by atoms with Gasteiger partial charge in [-0.15, -0.1) is 0 Å². The Labute approximate surface area is 150 Å². The summed E-state index contributed by atoms with van der Waals surface area (Å²) >= 11 is 12.0. The zero-order valence-corrected chi connectivity index (χ0v) is 14.9. The molecule has 0 radical (unpaired) electrons. The Bertz CT molecular complexity index is 723. The predicted molar refractivity (Wildman–Crippen MR) is 97.7 cm³/mol. The van der Waals surface area contributed by atoms with Crippen molar-refractivity contribution < 1.29 is 14.3 Å². The molecule has 0 fully saturated rings. The lowest BCUT2D eigenvalue weighted by molar-refractivity contribution is -0.115. The van der Waals surface area contributed by atoms with Crippen molar-refractivity contribution in [3.63, 3.8) is 0 Å². The first kappa shape index (κ1) is 18.2. The van der Waals surface area contributed by atoms with Crippen molar-refractivity contribution >= 4 is 40.5 Å². The minimum absolute atomic E-state index is 0.150. The molecule has 0 saturated heterocycles. The molecular weight excluding hydrogens is 351 g/mol. The summed E-state index contributed by atoms with van der Waals surface area (Å²) in [6.45, 7) is 0.456. The maximum absolute atomic E-state index is 12.1. The largest absolute Gasteiger partial charge is 0.495 e. The van der Waals surface area contributed by atoms with E-state index in [-0.39, 0.29) is 12.3 Å². The first-order valence-corrected chi connectivity index (χ1v) is 8.00. The lowest BCUT2D eigenvalue weighted by Gasteiger charge is -2.11. The maximum Gasteiger partial charge on any atom is 0.226 e. The Kier molecular flexibility index (Phi) is 6.58. The van der Waals surface area contributed by atoms with Gasteiger partial charge in [-0.3, -0.25) is 4.79 Å². The zero-order chi connectivity index (χ0) is 17.5. The van der Waals surface area contributed by atoms with Gasteiger partial charge in [-0.05, 0) is 36.4 Å². The smallest absolute Gasteiger partial charge is 0.226 e. The number of anilines is 2. The molecule has 0 spiro atoms. The number of rotatable bonds is 7. The number of methoxy groups -OCH3 is 2. The standard InChI is InChI=1S/C17H18Cl2N2O3/c1-23-15-6-4-12(10-13(15)19)20-8-7-17(22)21-14-9-11(18)3-5-16(14)24-2/h3-6,9-10,20H,7-8H2,1-2H3,(H,21,22). The second kappa shape index (κ2) is 8.66. The van der Waals surface area contributed by atoms with Gasteiger partial charge in [0.05, 0.1) is 24.9 Å². The highest BCUT2D eigenvalue weighted by Crippen LogP contribution is 2.28. The fourth-order valence-corrected chi connectivity index (χ4v) is 2.52. The molecule has 2 aromatic rings. The number of carbonyl (C=O) groups excluding carboxylic acids is 1. The van der Waals surface area contributed by atoms with Gasteiger partial charge in [0, 0.05) is 23.7 Å². The van der Waals surface area contributed by atoms with E-state index in [1.807, 2.05) is 6.07 Å². The second-order valence-electron chi connectivity index (χ2n) is 4.92. The monoisotopic (exact) mass is 368 g/mol. The summed E-state index contributed by atoms with van der Waals surface area (Å²) in [7, 11) is 3.09. The molecule has 2 rings (SSSR count). The van der Waals surface area contributed by atoms with E-state index >= 15 is 0 Å². The van der Waals surface area contributed by atoms with Crippen LogP contribution in [-0.4, -0.2) is 26.7 Å². The molecule has 7 heteroatoms. The number of benzene rings is 2. The molecule has 0 aliphatic heterocycles. The molecule has 128 valence electrons. The molecule has 24 heavy (non-hydrogen) atoms. The van der Waals surface area contributed by atoms with Crippen LogP contribution >= 0.6 is 23.2 Å². The Hall–Kier alpha value is -2.11. The second-order valence-corrected chi connectivity index (χ2v) is 5.76. The SMILES string of the molecule is COc1ccc(NCCC(=O)Nc2cc(Cl)ccc2OC)cc1Cl. The fraction of sp³-hybridized carbons (Fsp3) is 0.235. The zero-order valence-electron chi connectivity index (χ0n) is 13.4. The van der Waals surface area contributed by atoms with E-state index in [0.29, 0.717) is 33.8 Å². The van der Waals surface area contributed by atoms with Crippen molar-refractivity contribution in [2.24, 2.45) is 0 Å². The third-order valence-corrected chi connectivity index (χ3v) is 3.80. The lowest BCUT2D eigenvalue weighted by Crippen LogP contribution is -2.16. The maximum atomic E-state index is 12.1. The molecule has 0 heterocycles. The summed E-state index contributed by atoms with van der Waals surface area (Å²) in [5.74, 6) is 1.01. The molecule has 1 amide bonds. The Balaban J connectivity index is 1.88. The van der Waals surface area contributed by atoms with Gasteiger partial charge in [0.2, 0.25) is 5.91 Å². The Morgan fingerprint density at radius 3 is 2.42 bits per heavy atom. The first-order chi connectivity index (χ1) is 11.5. The first-order valence-electron chi connectivity index (χ1n) is 7.24. The van der Waals surface area contributed by atoms with Crippen molar-refractivity contribution in [3.05, 3.63) is 46.4 Å². The van der Waals surface area contributed by atoms with E-state index in [9.17, 15) is 4.79 Å². The van der Waals surface area contributed by atoms with Crippen LogP contribution < -0.4 is 20.1 Å². The van der Waals surface area contributed by atoms with E-state index in [0.717, 1.165) is 5.69 Å². The van der Waals surface area contributed by atoms with Crippen molar-refractivity contribution in [3.8, 4) is 11.5 Å². The van der Waals surface area contributed by atoms with Gasteiger partial charge in [-0.2, -0.15) is 0 Å². The molecule has 0 aromatic heterocycles. The number of nitrogens with one attached hydrogen (secondary N) is 2. The number of amides is 1. The quantitative estimate of drug-likeness (QED) is 0.757. The minimum Gasteiger partial charge on any atom is -0.495 e. The van der Waals surface area contributed by atoms with Crippen LogP contribution in [0.25, 0.3) is 0 Å². The van der Waals surface area contributed by atoms with Gasteiger partial charge in [0.15, 0.2) is 0 Å². The highest BCUT2D eigenvalue weighted by Gasteiger charge is 2.08. The third-order valence-electron chi connectivity index (χ3n) is 3.27. The molecule has 2 N–H and O–H groups in total. The average molecular weight is 369 g/mol. The molecule has 2 aromatic carbocycles. The van der Waals surface area contributed by atoms with Crippen LogP contribution in [0.2, 0.25) is 10.0 Å². The van der Waals surface area contributed by atoms with Crippen LogP contribution in [0, 0.1) is 0 Å². The van der Waals surface area contributed by atoms with Gasteiger partial charge in [0.1, 0.15) is 11.5 Å². The van der Waals surface area contributed by atoms with E-state index in [4.69, 9.17) is 32.7 Å². The van der Waals surface area contributed by atoms with Crippen LogP contribution in [-0.2, 0) is 4.79 Å². The van der Waals surface area contributed by atoms with Crippen LogP contribution in [0.15, 0.2) is 36.4 Å². The molecule has 0 bridgehead atoms. The highest BCUT2D eigenvalue weighted by molar-refractivity contribution is 6.32. The number of hydrogen-bond donors (Lipinski definition) is 2. The summed E-state index contributed by atoms with van der Waals surface area (Å²) in [4.78, 5) is 12.1. The molecule has 0 saturated carbocycles. The normalized spacial score (nSPS) is 10.2. The summed E-state index contributed by atoms with van der Waals surface area (Å²) in [5.41, 5.74) is 1.36. The Morgan fingerprint density at radius 2 is 1.75 bits per heavy atom. The third kappa shape index (κ3) is 4.94. The Morgan fingerprint density at radius 1 is 1.04 bits per heavy atom. The van der Waals surface area contributed by atoms with Crippen LogP contribution in [0.4, 0.5) is 11.4 Å². The van der Waals surface area contributed by atoms with Gasteiger partial charge >= 0.3 is 0 Å². The van der Waals surface area contributed by atoms with E-state index in [1.165, 1.54) is 7.11 Å².